The minimum atomic E-state index is -0.529. The van der Waals surface area contributed by atoms with Crippen LogP contribution in [0.2, 0.25) is 10.0 Å². The Morgan fingerprint density at radius 2 is 1.77 bits per heavy atom. The number of nitrogens with zero attached hydrogens (tertiary/aromatic N) is 3. The summed E-state index contributed by atoms with van der Waals surface area (Å²) in [7, 11) is 1.75. The number of esters is 1. The maximum Gasteiger partial charge on any atom is 0.358 e. The minimum absolute atomic E-state index is 0.0716. The highest BCUT2D eigenvalue weighted by Gasteiger charge is 2.20. The summed E-state index contributed by atoms with van der Waals surface area (Å²) >= 11 is 12.4. The first-order valence-corrected chi connectivity index (χ1v) is 10.2. The molecule has 3 aromatic rings. The van der Waals surface area contributed by atoms with Crippen molar-refractivity contribution in [2.75, 3.05) is 20.2 Å². The number of benzene rings is 2. The number of carbonyl (C=O) groups is 2. The van der Waals surface area contributed by atoms with Crippen LogP contribution < -0.4 is 0 Å². The molecule has 1 aromatic heterocycles. The standard InChI is InChI=1S/C22H21Cl2N3O3/c1-4-26(3)21(28)14-6-9-16(10-7-14)27-20(13-19(25-27)22(29)30-5-2)17-11-8-15(23)12-18(17)24/h6-13H,4-5H2,1-3H3. The zero-order valence-corrected chi connectivity index (χ0v) is 18.4. The van der Waals surface area contributed by atoms with E-state index in [1.54, 1.807) is 72.1 Å². The lowest BCUT2D eigenvalue weighted by Gasteiger charge is -2.15. The third-order valence-electron chi connectivity index (χ3n) is 4.58. The summed E-state index contributed by atoms with van der Waals surface area (Å²) in [5.41, 5.74) is 2.65. The van der Waals surface area contributed by atoms with Crippen molar-refractivity contribution in [3.63, 3.8) is 0 Å². The molecule has 0 saturated carbocycles. The Bertz CT molecular complexity index is 1080. The molecule has 0 aliphatic rings. The van der Waals surface area contributed by atoms with Crippen LogP contribution in [-0.2, 0) is 4.74 Å². The van der Waals surface area contributed by atoms with Gasteiger partial charge in [0.1, 0.15) is 0 Å². The summed E-state index contributed by atoms with van der Waals surface area (Å²) in [6.07, 6.45) is 0. The van der Waals surface area contributed by atoms with Crippen molar-refractivity contribution in [2.24, 2.45) is 0 Å². The van der Waals surface area contributed by atoms with E-state index >= 15 is 0 Å². The highest BCUT2D eigenvalue weighted by molar-refractivity contribution is 6.36. The number of ether oxygens (including phenoxy) is 1. The molecule has 0 aliphatic carbocycles. The minimum Gasteiger partial charge on any atom is -0.461 e. The van der Waals surface area contributed by atoms with E-state index in [0.717, 1.165) is 0 Å². The second-order valence-electron chi connectivity index (χ2n) is 6.54. The molecule has 0 N–H and O–H groups in total. The van der Waals surface area contributed by atoms with Gasteiger partial charge in [0.25, 0.3) is 5.91 Å². The Kier molecular flexibility index (Phi) is 6.80. The summed E-state index contributed by atoms with van der Waals surface area (Å²) < 4.78 is 6.68. The molecule has 0 atom stereocenters. The van der Waals surface area contributed by atoms with Crippen LogP contribution in [0.3, 0.4) is 0 Å². The lowest BCUT2D eigenvalue weighted by atomic mass is 10.1. The average Bonchev–Trinajstić information content (AvgIpc) is 3.18. The van der Waals surface area contributed by atoms with Crippen molar-refractivity contribution in [3.05, 3.63) is 69.8 Å². The second-order valence-corrected chi connectivity index (χ2v) is 7.38. The molecule has 156 valence electrons. The smallest absolute Gasteiger partial charge is 0.358 e. The topological polar surface area (TPSA) is 64.4 Å². The van der Waals surface area contributed by atoms with Gasteiger partial charge in [-0.25, -0.2) is 9.48 Å². The van der Waals surface area contributed by atoms with Gasteiger partial charge in [0.15, 0.2) is 5.69 Å². The third kappa shape index (κ3) is 4.50. The Labute approximate surface area is 185 Å². The van der Waals surface area contributed by atoms with Gasteiger partial charge in [0.2, 0.25) is 0 Å². The molecule has 0 radical (unpaired) electrons. The number of hydrogen-bond acceptors (Lipinski definition) is 4. The van der Waals surface area contributed by atoms with Crippen molar-refractivity contribution in [1.29, 1.82) is 0 Å². The van der Waals surface area contributed by atoms with Crippen LogP contribution >= 0.6 is 23.2 Å². The van der Waals surface area contributed by atoms with Crippen LogP contribution in [-0.4, -0.2) is 46.8 Å². The largest absolute Gasteiger partial charge is 0.461 e. The Balaban J connectivity index is 2.08. The molecule has 30 heavy (non-hydrogen) atoms. The molecule has 0 aliphatic heterocycles. The zero-order valence-electron chi connectivity index (χ0n) is 16.9. The molecule has 0 unspecified atom stereocenters. The quantitative estimate of drug-likeness (QED) is 0.494. The van der Waals surface area contributed by atoms with Crippen molar-refractivity contribution in [1.82, 2.24) is 14.7 Å². The molecule has 0 fully saturated rings. The number of aromatic nitrogens is 2. The van der Waals surface area contributed by atoms with E-state index in [0.29, 0.717) is 39.1 Å². The normalized spacial score (nSPS) is 10.7. The number of rotatable bonds is 6. The van der Waals surface area contributed by atoms with E-state index in [2.05, 4.69) is 5.10 Å². The molecule has 2 aromatic carbocycles. The number of carbonyl (C=O) groups excluding carboxylic acids is 2. The van der Waals surface area contributed by atoms with Crippen molar-refractivity contribution in [3.8, 4) is 16.9 Å². The van der Waals surface area contributed by atoms with Crippen molar-refractivity contribution >= 4 is 35.1 Å². The van der Waals surface area contributed by atoms with E-state index in [4.69, 9.17) is 27.9 Å². The SMILES string of the molecule is CCOC(=O)c1cc(-c2ccc(Cl)cc2Cl)n(-c2ccc(C(=O)N(C)CC)cc2)n1. The first kappa shape index (κ1) is 21.9. The predicted octanol–water partition coefficient (Wildman–Crippen LogP) is 5.11. The number of halogens is 2. The van der Waals surface area contributed by atoms with Gasteiger partial charge < -0.3 is 9.64 Å². The molecular weight excluding hydrogens is 425 g/mol. The first-order chi connectivity index (χ1) is 14.3. The highest BCUT2D eigenvalue weighted by Crippen LogP contribution is 2.32. The third-order valence-corrected chi connectivity index (χ3v) is 5.13. The molecule has 3 rings (SSSR count). The number of amides is 1. The monoisotopic (exact) mass is 445 g/mol. The Morgan fingerprint density at radius 3 is 2.37 bits per heavy atom. The van der Waals surface area contributed by atoms with E-state index in [1.807, 2.05) is 6.92 Å². The maximum absolute atomic E-state index is 12.4. The van der Waals surface area contributed by atoms with E-state index in [-0.39, 0.29) is 18.2 Å². The van der Waals surface area contributed by atoms with Crippen LogP contribution in [0.4, 0.5) is 0 Å². The molecule has 6 nitrogen and oxygen atoms in total. The van der Waals surface area contributed by atoms with Gasteiger partial charge in [-0.2, -0.15) is 5.10 Å². The van der Waals surface area contributed by atoms with Crippen LogP contribution in [0, 0.1) is 0 Å². The van der Waals surface area contributed by atoms with Gasteiger partial charge in [0.05, 0.1) is 23.0 Å². The van der Waals surface area contributed by atoms with Crippen molar-refractivity contribution < 1.29 is 14.3 Å². The van der Waals surface area contributed by atoms with Gasteiger partial charge in [-0.05, 0) is 62.4 Å². The van der Waals surface area contributed by atoms with Gasteiger partial charge in [0, 0.05) is 29.7 Å². The second kappa shape index (κ2) is 9.32. The van der Waals surface area contributed by atoms with E-state index in [9.17, 15) is 9.59 Å². The van der Waals surface area contributed by atoms with E-state index < -0.39 is 5.97 Å². The van der Waals surface area contributed by atoms with Crippen LogP contribution in [0.5, 0.6) is 0 Å². The lowest BCUT2D eigenvalue weighted by molar-refractivity contribution is 0.0518. The fraction of sp³-hybridized carbons (Fsp3) is 0.227. The van der Waals surface area contributed by atoms with Crippen LogP contribution in [0.15, 0.2) is 48.5 Å². The summed E-state index contributed by atoms with van der Waals surface area (Å²) in [5.74, 6) is -0.600. The summed E-state index contributed by atoms with van der Waals surface area (Å²) in [6.45, 7) is 4.50. The highest BCUT2D eigenvalue weighted by atomic mass is 35.5. The maximum atomic E-state index is 12.4. The van der Waals surface area contributed by atoms with E-state index in [1.165, 1.54) is 0 Å². The summed E-state index contributed by atoms with van der Waals surface area (Å²) in [5, 5.41) is 5.35. The Morgan fingerprint density at radius 1 is 1.07 bits per heavy atom. The van der Waals surface area contributed by atoms with Gasteiger partial charge in [-0.1, -0.05) is 23.2 Å². The Hall–Kier alpha value is -2.83. The molecule has 1 amide bonds. The molecule has 8 heteroatoms. The van der Waals surface area contributed by atoms with Gasteiger partial charge >= 0.3 is 5.97 Å². The van der Waals surface area contributed by atoms with Crippen molar-refractivity contribution in [2.45, 2.75) is 13.8 Å². The fourth-order valence-corrected chi connectivity index (χ4v) is 3.39. The summed E-state index contributed by atoms with van der Waals surface area (Å²) in [4.78, 5) is 26.3. The molecule has 0 bridgehead atoms. The molecular formula is C22H21Cl2N3O3. The molecule has 1 heterocycles. The average molecular weight is 446 g/mol. The summed E-state index contributed by atoms with van der Waals surface area (Å²) in [6, 6.07) is 13.7. The lowest BCUT2D eigenvalue weighted by Crippen LogP contribution is -2.26. The number of hydrogen-bond donors (Lipinski definition) is 0. The molecule has 0 saturated heterocycles. The first-order valence-electron chi connectivity index (χ1n) is 9.44. The van der Waals surface area contributed by atoms with Gasteiger partial charge in [-0.3, -0.25) is 4.79 Å². The predicted molar refractivity (Wildman–Crippen MR) is 118 cm³/mol. The fourth-order valence-electron chi connectivity index (χ4n) is 2.88. The molecule has 0 spiro atoms. The zero-order chi connectivity index (χ0) is 21.8. The van der Waals surface area contributed by atoms with Crippen LogP contribution in [0.1, 0.15) is 34.7 Å². The van der Waals surface area contributed by atoms with Gasteiger partial charge in [-0.15, -0.1) is 0 Å². The van der Waals surface area contributed by atoms with Crippen LogP contribution in [0.25, 0.3) is 16.9 Å².